The fraction of sp³-hybridized carbons (Fsp3) is 0.400. The molecule has 0 aromatic heterocycles. The summed E-state index contributed by atoms with van der Waals surface area (Å²) >= 11 is 0. The molecule has 0 N–H and O–H groups in total. The zero-order valence-corrected chi connectivity index (χ0v) is 13.6. The molecule has 0 radical (unpaired) electrons. The average molecular weight is 268 g/mol. The first-order valence-corrected chi connectivity index (χ1v) is 8.05. The maximum Gasteiger partial charge on any atom is 0.00870 e. The lowest BCUT2D eigenvalue weighted by atomic mass is 9.77. The van der Waals surface area contributed by atoms with Crippen LogP contribution in [0.5, 0.6) is 0 Å². The van der Waals surface area contributed by atoms with Crippen molar-refractivity contribution in [2.45, 2.75) is 41.0 Å². The van der Waals surface area contributed by atoms with Crippen LogP contribution in [0.3, 0.4) is 0 Å². The van der Waals surface area contributed by atoms with Crippen LogP contribution in [-0.2, 0) is 0 Å². The van der Waals surface area contributed by atoms with Crippen LogP contribution in [0.4, 0.5) is 0 Å². The SMILES string of the molecule is CC.CC.CCC1=c2ccccc2=CC2C=CC=CC12. The van der Waals surface area contributed by atoms with Crippen LogP contribution in [0.25, 0.3) is 11.6 Å². The molecule has 2 aliphatic carbocycles. The van der Waals surface area contributed by atoms with Crippen molar-refractivity contribution in [3.8, 4) is 0 Å². The van der Waals surface area contributed by atoms with E-state index in [1.54, 1.807) is 5.57 Å². The largest absolute Gasteiger partial charge is 0.0767 e. The van der Waals surface area contributed by atoms with E-state index in [-0.39, 0.29) is 0 Å². The molecule has 1 aromatic carbocycles. The number of benzene rings is 1. The van der Waals surface area contributed by atoms with Gasteiger partial charge in [0.15, 0.2) is 0 Å². The van der Waals surface area contributed by atoms with Crippen molar-refractivity contribution in [2.24, 2.45) is 11.8 Å². The Morgan fingerprint density at radius 2 is 1.55 bits per heavy atom. The number of rotatable bonds is 1. The van der Waals surface area contributed by atoms with E-state index in [1.165, 1.54) is 10.4 Å². The quantitative estimate of drug-likeness (QED) is 0.706. The summed E-state index contributed by atoms with van der Waals surface area (Å²) in [5.41, 5.74) is 1.59. The molecule has 0 aliphatic heterocycles. The van der Waals surface area contributed by atoms with Gasteiger partial charge in [0.2, 0.25) is 0 Å². The van der Waals surface area contributed by atoms with Crippen molar-refractivity contribution in [1.29, 1.82) is 0 Å². The van der Waals surface area contributed by atoms with Gasteiger partial charge in [-0.3, -0.25) is 0 Å². The van der Waals surface area contributed by atoms with Crippen LogP contribution in [0.1, 0.15) is 41.0 Å². The van der Waals surface area contributed by atoms with E-state index in [1.807, 2.05) is 27.7 Å². The normalized spacial score (nSPS) is 21.4. The Morgan fingerprint density at radius 3 is 2.25 bits per heavy atom. The number of allylic oxidation sites excluding steroid dienone is 4. The Labute approximate surface area is 124 Å². The van der Waals surface area contributed by atoms with Gasteiger partial charge < -0.3 is 0 Å². The first-order valence-electron chi connectivity index (χ1n) is 8.05. The van der Waals surface area contributed by atoms with Crippen LogP contribution >= 0.6 is 0 Å². The minimum Gasteiger partial charge on any atom is -0.0767 e. The van der Waals surface area contributed by atoms with Crippen LogP contribution in [0, 0.1) is 11.8 Å². The summed E-state index contributed by atoms with van der Waals surface area (Å²) in [6.07, 6.45) is 12.5. The third-order valence-electron chi connectivity index (χ3n) is 3.64. The first-order chi connectivity index (χ1) is 9.90. The van der Waals surface area contributed by atoms with Crippen molar-refractivity contribution in [2.75, 3.05) is 0 Å². The molecule has 2 aliphatic rings. The lowest BCUT2D eigenvalue weighted by molar-refractivity contribution is 0.685. The van der Waals surface area contributed by atoms with E-state index in [4.69, 9.17) is 0 Å². The zero-order valence-electron chi connectivity index (χ0n) is 13.6. The monoisotopic (exact) mass is 268 g/mol. The molecular weight excluding hydrogens is 240 g/mol. The molecule has 2 unspecified atom stereocenters. The highest BCUT2D eigenvalue weighted by Crippen LogP contribution is 2.31. The molecule has 0 nitrogen and oxygen atoms in total. The predicted molar refractivity (Wildman–Crippen MR) is 91.8 cm³/mol. The Bertz CT molecular complexity index is 572. The van der Waals surface area contributed by atoms with Crippen molar-refractivity contribution in [3.63, 3.8) is 0 Å². The van der Waals surface area contributed by atoms with Crippen molar-refractivity contribution in [3.05, 3.63) is 59.0 Å². The van der Waals surface area contributed by atoms with E-state index in [9.17, 15) is 0 Å². The van der Waals surface area contributed by atoms with Gasteiger partial charge in [0.25, 0.3) is 0 Å². The maximum absolute atomic E-state index is 2.40. The predicted octanol–water partition coefficient (Wildman–Crippen LogP) is 4.45. The van der Waals surface area contributed by atoms with E-state index in [0.29, 0.717) is 11.8 Å². The van der Waals surface area contributed by atoms with Crippen LogP contribution < -0.4 is 10.4 Å². The van der Waals surface area contributed by atoms with Gasteiger partial charge in [-0.2, -0.15) is 0 Å². The highest BCUT2D eigenvalue weighted by atomic mass is 14.3. The third-order valence-corrected chi connectivity index (χ3v) is 3.64. The summed E-state index contributed by atoms with van der Waals surface area (Å²) in [6, 6.07) is 8.76. The second-order valence-electron chi connectivity index (χ2n) is 4.51. The van der Waals surface area contributed by atoms with E-state index >= 15 is 0 Å². The Morgan fingerprint density at radius 1 is 0.900 bits per heavy atom. The molecule has 1 aromatic rings. The first kappa shape index (κ1) is 16.5. The molecule has 0 spiro atoms. The minimum absolute atomic E-state index is 0.565. The summed E-state index contributed by atoms with van der Waals surface area (Å²) in [5.74, 6) is 1.15. The molecular formula is C20H28. The lowest BCUT2D eigenvalue weighted by Crippen LogP contribution is -2.35. The maximum atomic E-state index is 2.40. The molecule has 0 saturated heterocycles. The summed E-state index contributed by atoms with van der Waals surface area (Å²) < 4.78 is 0. The topological polar surface area (TPSA) is 0 Å². The van der Waals surface area contributed by atoms with E-state index < -0.39 is 0 Å². The summed E-state index contributed by atoms with van der Waals surface area (Å²) in [4.78, 5) is 0. The molecule has 20 heavy (non-hydrogen) atoms. The molecule has 2 atom stereocenters. The van der Waals surface area contributed by atoms with Crippen molar-refractivity contribution >= 4 is 11.6 Å². The molecule has 0 heteroatoms. The number of fused-ring (bicyclic) bond motifs is 2. The van der Waals surface area contributed by atoms with Gasteiger partial charge in [-0.05, 0) is 16.9 Å². The molecule has 3 rings (SSSR count). The molecule has 0 fully saturated rings. The molecule has 108 valence electrons. The second kappa shape index (κ2) is 8.58. The molecule has 0 saturated carbocycles. The van der Waals surface area contributed by atoms with Gasteiger partial charge in [-0.25, -0.2) is 0 Å². The number of hydrogen-bond donors (Lipinski definition) is 0. The fourth-order valence-corrected chi connectivity index (χ4v) is 2.88. The van der Waals surface area contributed by atoms with Gasteiger partial charge in [0.1, 0.15) is 0 Å². The number of hydrogen-bond acceptors (Lipinski definition) is 0. The van der Waals surface area contributed by atoms with Gasteiger partial charge in [0.05, 0.1) is 0 Å². The van der Waals surface area contributed by atoms with Crippen LogP contribution in [-0.4, -0.2) is 0 Å². The van der Waals surface area contributed by atoms with Gasteiger partial charge in [-0.1, -0.05) is 94.8 Å². The van der Waals surface area contributed by atoms with E-state index in [2.05, 4.69) is 61.6 Å². The fourth-order valence-electron chi connectivity index (χ4n) is 2.88. The third kappa shape index (κ3) is 3.30. The highest BCUT2D eigenvalue weighted by molar-refractivity contribution is 5.59. The van der Waals surface area contributed by atoms with Gasteiger partial charge >= 0.3 is 0 Å². The molecule has 0 heterocycles. The molecule has 0 bridgehead atoms. The Balaban J connectivity index is 0.000000461. The summed E-state index contributed by atoms with van der Waals surface area (Å²) in [6.45, 7) is 10.3. The smallest absolute Gasteiger partial charge is 0.00870 e. The van der Waals surface area contributed by atoms with Gasteiger partial charge in [-0.15, -0.1) is 0 Å². The van der Waals surface area contributed by atoms with Crippen molar-refractivity contribution < 1.29 is 0 Å². The van der Waals surface area contributed by atoms with Gasteiger partial charge in [0, 0.05) is 11.8 Å². The van der Waals surface area contributed by atoms with Crippen LogP contribution in [0.15, 0.2) is 48.6 Å². The molecule has 0 amide bonds. The van der Waals surface area contributed by atoms with Crippen molar-refractivity contribution in [1.82, 2.24) is 0 Å². The van der Waals surface area contributed by atoms with Crippen LogP contribution in [0.2, 0.25) is 0 Å². The van der Waals surface area contributed by atoms with E-state index in [0.717, 1.165) is 6.42 Å². The lowest BCUT2D eigenvalue weighted by Gasteiger charge is -2.27. The second-order valence-corrected chi connectivity index (χ2v) is 4.51. The summed E-state index contributed by atoms with van der Waals surface area (Å²) in [5, 5.41) is 2.85. The zero-order chi connectivity index (χ0) is 15.0. The Hall–Kier alpha value is -1.56. The standard InChI is InChI=1S/C16H16.2C2H6/c1-2-14-15-9-5-3-7-12(15)11-13-8-4-6-10-16(13)14;2*1-2/h3-12,15H,2H2,1H3;2*1-2H3. The summed E-state index contributed by atoms with van der Waals surface area (Å²) in [7, 11) is 0. The highest BCUT2D eigenvalue weighted by Gasteiger charge is 2.22. The average Bonchev–Trinajstić information content (AvgIpc) is 2.56. The minimum atomic E-state index is 0.565. The Kier molecular flexibility index (Phi) is 7.08.